The smallest absolute Gasteiger partial charge is 0.0638 e. The summed E-state index contributed by atoms with van der Waals surface area (Å²) in [5, 5.41) is 0. The summed E-state index contributed by atoms with van der Waals surface area (Å²) in [7, 11) is 0. The highest BCUT2D eigenvalue weighted by Crippen LogP contribution is 2.43. The van der Waals surface area contributed by atoms with Crippen LogP contribution in [0.25, 0.3) is 0 Å². The van der Waals surface area contributed by atoms with Crippen LogP contribution in [0.15, 0.2) is 0 Å². The quantitative estimate of drug-likeness (QED) is 0.590. The molecule has 70 valence electrons. The van der Waals surface area contributed by atoms with Crippen LogP contribution in [-0.4, -0.2) is 36.7 Å². The zero-order chi connectivity index (χ0) is 8.77. The van der Waals surface area contributed by atoms with Gasteiger partial charge in [0.2, 0.25) is 0 Å². The molecule has 2 heterocycles. The molecule has 0 saturated carbocycles. The molecule has 2 unspecified atom stereocenters. The molecule has 2 atom stereocenters. The van der Waals surface area contributed by atoms with Gasteiger partial charge in [0.1, 0.15) is 0 Å². The summed E-state index contributed by atoms with van der Waals surface area (Å²) in [6.45, 7) is 10.3. The average Bonchev–Trinajstić information content (AvgIpc) is 2.48. The molecule has 0 amide bonds. The largest absolute Gasteiger partial charge is 0.377 e. The third kappa shape index (κ3) is 1.09. The Morgan fingerprint density at radius 2 is 2.25 bits per heavy atom. The van der Waals surface area contributed by atoms with Crippen LogP contribution < -0.4 is 0 Å². The SMILES string of the molecule is CC(C)N1CCC2(COC2C)C1. The van der Waals surface area contributed by atoms with Crippen LogP contribution in [0.1, 0.15) is 27.2 Å². The van der Waals surface area contributed by atoms with Gasteiger partial charge in [-0.05, 0) is 33.7 Å². The minimum Gasteiger partial charge on any atom is -0.377 e. The summed E-state index contributed by atoms with van der Waals surface area (Å²) in [5.41, 5.74) is 0.532. The van der Waals surface area contributed by atoms with Gasteiger partial charge in [-0.2, -0.15) is 0 Å². The Labute approximate surface area is 74.9 Å². The Kier molecular flexibility index (Phi) is 1.92. The van der Waals surface area contributed by atoms with Gasteiger partial charge in [-0.25, -0.2) is 0 Å². The number of ether oxygens (including phenoxy) is 1. The van der Waals surface area contributed by atoms with Crippen LogP contribution in [0.4, 0.5) is 0 Å². The van der Waals surface area contributed by atoms with Crippen LogP contribution in [0.5, 0.6) is 0 Å². The Morgan fingerprint density at radius 3 is 2.50 bits per heavy atom. The number of nitrogens with zero attached hydrogens (tertiary/aromatic N) is 1. The predicted molar refractivity (Wildman–Crippen MR) is 49.2 cm³/mol. The van der Waals surface area contributed by atoms with E-state index >= 15 is 0 Å². The van der Waals surface area contributed by atoms with Gasteiger partial charge < -0.3 is 9.64 Å². The first-order valence-corrected chi connectivity index (χ1v) is 5.00. The minimum absolute atomic E-state index is 0.501. The van der Waals surface area contributed by atoms with Gasteiger partial charge >= 0.3 is 0 Å². The molecule has 0 radical (unpaired) electrons. The van der Waals surface area contributed by atoms with Crippen molar-refractivity contribution in [2.24, 2.45) is 5.41 Å². The van der Waals surface area contributed by atoms with E-state index in [2.05, 4.69) is 25.7 Å². The molecule has 0 aromatic rings. The molecule has 2 heteroatoms. The first-order chi connectivity index (χ1) is 5.64. The second kappa shape index (κ2) is 2.71. The van der Waals surface area contributed by atoms with Crippen molar-refractivity contribution >= 4 is 0 Å². The highest BCUT2D eigenvalue weighted by molar-refractivity contribution is 5.00. The first kappa shape index (κ1) is 8.52. The summed E-state index contributed by atoms with van der Waals surface area (Å²) >= 11 is 0. The molecule has 2 rings (SSSR count). The Morgan fingerprint density at radius 1 is 1.50 bits per heavy atom. The number of likely N-dealkylation sites (tertiary alicyclic amines) is 1. The van der Waals surface area contributed by atoms with Crippen molar-refractivity contribution in [3.05, 3.63) is 0 Å². The highest BCUT2D eigenvalue weighted by atomic mass is 16.5. The van der Waals surface area contributed by atoms with E-state index in [0.717, 1.165) is 6.61 Å². The van der Waals surface area contributed by atoms with Crippen LogP contribution >= 0.6 is 0 Å². The van der Waals surface area contributed by atoms with Crippen molar-refractivity contribution in [3.8, 4) is 0 Å². The second-order valence-corrected chi connectivity index (χ2v) is 4.63. The fourth-order valence-electron chi connectivity index (χ4n) is 2.30. The zero-order valence-corrected chi connectivity index (χ0v) is 8.34. The van der Waals surface area contributed by atoms with Crippen molar-refractivity contribution in [1.29, 1.82) is 0 Å². The second-order valence-electron chi connectivity index (χ2n) is 4.63. The van der Waals surface area contributed by atoms with Crippen molar-refractivity contribution in [3.63, 3.8) is 0 Å². The van der Waals surface area contributed by atoms with Gasteiger partial charge in [-0.1, -0.05) is 0 Å². The lowest BCUT2D eigenvalue weighted by molar-refractivity contribution is -0.170. The van der Waals surface area contributed by atoms with Crippen molar-refractivity contribution < 1.29 is 4.74 Å². The van der Waals surface area contributed by atoms with Gasteiger partial charge in [0.15, 0.2) is 0 Å². The Hall–Kier alpha value is -0.0800. The molecule has 12 heavy (non-hydrogen) atoms. The lowest BCUT2D eigenvalue weighted by Gasteiger charge is -2.45. The third-order valence-corrected chi connectivity index (χ3v) is 3.63. The van der Waals surface area contributed by atoms with E-state index in [9.17, 15) is 0 Å². The van der Waals surface area contributed by atoms with E-state index in [1.54, 1.807) is 0 Å². The molecule has 2 aliphatic rings. The molecule has 2 nitrogen and oxygen atoms in total. The third-order valence-electron chi connectivity index (χ3n) is 3.63. The van der Waals surface area contributed by atoms with Crippen molar-refractivity contribution in [2.45, 2.75) is 39.3 Å². The molecular weight excluding hydrogens is 150 g/mol. The van der Waals surface area contributed by atoms with Crippen LogP contribution in [0.2, 0.25) is 0 Å². The highest BCUT2D eigenvalue weighted by Gasteiger charge is 2.50. The lowest BCUT2D eigenvalue weighted by atomic mass is 9.78. The first-order valence-electron chi connectivity index (χ1n) is 5.00. The summed E-state index contributed by atoms with van der Waals surface area (Å²) in [6.07, 6.45) is 1.84. The fraction of sp³-hybridized carbons (Fsp3) is 1.00. The van der Waals surface area contributed by atoms with Gasteiger partial charge in [-0.15, -0.1) is 0 Å². The van der Waals surface area contributed by atoms with Gasteiger partial charge in [0.25, 0.3) is 0 Å². The molecule has 0 bridgehead atoms. The number of rotatable bonds is 1. The molecule has 0 aromatic carbocycles. The molecule has 2 aliphatic heterocycles. The normalized spacial score (nSPS) is 42.5. The predicted octanol–water partition coefficient (Wildman–Crippen LogP) is 1.51. The summed E-state index contributed by atoms with van der Waals surface area (Å²) in [5.74, 6) is 0. The number of hydrogen-bond acceptors (Lipinski definition) is 2. The molecular formula is C10H19NO. The monoisotopic (exact) mass is 169 g/mol. The maximum absolute atomic E-state index is 5.47. The maximum Gasteiger partial charge on any atom is 0.0638 e. The van der Waals surface area contributed by atoms with E-state index in [1.807, 2.05) is 0 Å². The standard InChI is InChI=1S/C10H19NO/c1-8(2)11-5-4-10(6-11)7-12-9(10)3/h8-9H,4-7H2,1-3H3. The number of hydrogen-bond donors (Lipinski definition) is 0. The van der Waals surface area contributed by atoms with Crippen molar-refractivity contribution in [2.75, 3.05) is 19.7 Å². The summed E-state index contributed by atoms with van der Waals surface area (Å²) in [4.78, 5) is 2.57. The lowest BCUT2D eigenvalue weighted by Crippen LogP contribution is -2.52. The van der Waals surface area contributed by atoms with Gasteiger partial charge in [0, 0.05) is 18.0 Å². The van der Waals surface area contributed by atoms with Crippen molar-refractivity contribution in [1.82, 2.24) is 4.90 Å². The molecule has 2 saturated heterocycles. The van der Waals surface area contributed by atoms with E-state index in [0.29, 0.717) is 17.6 Å². The average molecular weight is 169 g/mol. The van der Waals surface area contributed by atoms with E-state index < -0.39 is 0 Å². The Balaban J connectivity index is 1.97. The molecule has 0 aromatic heterocycles. The Bertz CT molecular complexity index is 181. The topological polar surface area (TPSA) is 12.5 Å². The fourth-order valence-corrected chi connectivity index (χ4v) is 2.30. The zero-order valence-electron chi connectivity index (χ0n) is 8.34. The van der Waals surface area contributed by atoms with Gasteiger partial charge in [-0.3, -0.25) is 0 Å². The summed E-state index contributed by atoms with van der Waals surface area (Å²) in [6, 6.07) is 0.706. The van der Waals surface area contributed by atoms with E-state index in [4.69, 9.17) is 4.74 Å². The van der Waals surface area contributed by atoms with Crippen LogP contribution in [0.3, 0.4) is 0 Å². The van der Waals surface area contributed by atoms with Crippen LogP contribution in [-0.2, 0) is 4.74 Å². The maximum atomic E-state index is 5.47. The molecule has 0 aliphatic carbocycles. The molecule has 1 spiro atoms. The van der Waals surface area contributed by atoms with Crippen LogP contribution in [0, 0.1) is 5.41 Å². The molecule has 0 N–H and O–H groups in total. The van der Waals surface area contributed by atoms with Gasteiger partial charge in [0.05, 0.1) is 12.7 Å². The minimum atomic E-state index is 0.501. The molecule has 2 fully saturated rings. The van der Waals surface area contributed by atoms with E-state index in [-0.39, 0.29) is 0 Å². The van der Waals surface area contributed by atoms with E-state index in [1.165, 1.54) is 19.5 Å². The summed E-state index contributed by atoms with van der Waals surface area (Å²) < 4.78 is 5.47.